The highest BCUT2D eigenvalue weighted by molar-refractivity contribution is 7.19. The van der Waals surface area contributed by atoms with Crippen molar-refractivity contribution in [1.82, 2.24) is 58.7 Å². The van der Waals surface area contributed by atoms with Crippen molar-refractivity contribution >= 4 is 153 Å². The summed E-state index contributed by atoms with van der Waals surface area (Å²) < 4.78 is 5.07. The van der Waals surface area contributed by atoms with Crippen LogP contribution in [-0.2, 0) is 0 Å². The van der Waals surface area contributed by atoms with E-state index < -0.39 is 0 Å². The second-order valence-electron chi connectivity index (χ2n) is 20.1. The van der Waals surface area contributed by atoms with Gasteiger partial charge >= 0.3 is 0 Å². The normalized spacial score (nSPS) is 13.5. The molecule has 2 aliphatic rings. The summed E-state index contributed by atoms with van der Waals surface area (Å²) in [5, 5.41) is 42.4. The molecule has 1 aliphatic heterocycles. The van der Waals surface area contributed by atoms with Gasteiger partial charge in [-0.15, -0.1) is 15.3 Å². The Balaban J connectivity index is 0.000000153. The molecule has 0 bridgehead atoms. The first kappa shape index (κ1) is 67.2. The van der Waals surface area contributed by atoms with Crippen LogP contribution in [0.3, 0.4) is 0 Å². The fourth-order valence-electron chi connectivity index (χ4n) is 9.68. The van der Waals surface area contributed by atoms with Gasteiger partial charge in [-0.1, -0.05) is 126 Å². The van der Waals surface area contributed by atoms with Gasteiger partial charge in [0.15, 0.2) is 32.2 Å². The van der Waals surface area contributed by atoms with Crippen molar-refractivity contribution in [2.45, 2.75) is 80.2 Å². The summed E-state index contributed by atoms with van der Waals surface area (Å²) in [6, 6.07) is 29.2. The number of nitrogens with one attached hydrogen (secondary N) is 2. The second-order valence-corrected chi connectivity index (χ2v) is 25.6. The Morgan fingerprint density at radius 3 is 1.45 bits per heavy atom. The molecule has 6 N–H and O–H groups in total. The number of rotatable bonds is 10. The molecule has 1 saturated carbocycles. The molecule has 0 radical (unpaired) electrons. The summed E-state index contributed by atoms with van der Waals surface area (Å²) in [4.78, 5) is 30.9. The van der Waals surface area contributed by atoms with Crippen molar-refractivity contribution in [3.05, 3.63) is 176 Å². The van der Waals surface area contributed by atoms with E-state index in [1.54, 1.807) is 32.8 Å². The molecule has 10 heterocycles. The summed E-state index contributed by atoms with van der Waals surface area (Å²) in [6.07, 6.45) is 18.1. The number of nitrogens with two attached hydrogens (primary N) is 1. The van der Waals surface area contributed by atoms with E-state index in [9.17, 15) is 5.11 Å². The molecule has 14 rings (SSSR count). The number of halogens is 6. The number of benzene rings is 3. The lowest BCUT2D eigenvalue weighted by molar-refractivity contribution is 0.230. The Bertz CT molecular complexity index is 4200. The molecule has 9 aromatic heterocycles. The lowest BCUT2D eigenvalue weighted by atomic mass is 10.1. The number of aryl methyl sites for hydroxylation is 3. The van der Waals surface area contributed by atoms with Gasteiger partial charge in [-0.3, -0.25) is 0 Å². The molecule has 12 aromatic rings. The highest BCUT2D eigenvalue weighted by atomic mass is 35.5. The van der Waals surface area contributed by atoms with Crippen LogP contribution in [-0.4, -0.2) is 94.8 Å². The largest absolute Gasteiger partial charge is 0.396 e. The van der Waals surface area contributed by atoms with Crippen LogP contribution in [0, 0.1) is 26.7 Å². The average molecular weight is 1360 g/mol. The Morgan fingerprint density at radius 1 is 0.534 bits per heavy atom. The van der Waals surface area contributed by atoms with Crippen molar-refractivity contribution in [2.24, 2.45) is 5.92 Å². The quantitative estimate of drug-likeness (QED) is 0.0859. The standard InChI is InChI=1S/C21H21ClN6OS.C16H11Cl2N5S.C10H9ClN2S.C6H3Cl2N3.C6H12O.2CH4/c1-13-8-14(10-15(22)9-13)18-11-23-21(30-18)25-19-17-5-3-7-28(17)26-20(24-19)27-6-2-4-16(27)12-29;1-9-5-10(7-11(17)6-9)13-8-19-16(24-13)21-14-12-3-2-4-23(12)22-15(18)20-14;1-6-2-7(4-8(11)3-6)9-5-13-10(12)14-9;7-5-4-2-1-3-11(4)10-6(8)9-5;7-5-6-3-1-2-4-6;;/h3,5,7-11,16,29H,2,4,6,12H2,1H3,(H,23,24,25,26);2-8H,1H3,(H,19,20,21,22);2-5H,1H3,(H2,12,13);1-3H;6-7H,1-5H2;2*1H4/t16-;;;;;;/m0....../s1. The minimum Gasteiger partial charge on any atom is -0.396 e. The minimum atomic E-state index is 0. The molecule has 1 saturated heterocycles. The van der Waals surface area contributed by atoms with Crippen molar-refractivity contribution < 1.29 is 10.2 Å². The first-order valence-corrected chi connectivity index (χ1v) is 31.8. The van der Waals surface area contributed by atoms with E-state index in [4.69, 9.17) is 85.4 Å². The van der Waals surface area contributed by atoms with E-state index in [0.29, 0.717) is 50.4 Å². The zero-order valence-electron chi connectivity index (χ0n) is 46.4. The monoisotopic (exact) mass is 1360 g/mol. The van der Waals surface area contributed by atoms with Crippen LogP contribution in [0.15, 0.2) is 128 Å². The SMILES string of the molecule is C.C.Cc1cc(Cl)cc(-c2cnc(N)s2)c1.Cc1cc(Cl)cc(-c2cnc(Nc3nc(Cl)nn4cccc34)s2)c1.Cc1cc(Cl)cc(-c2cnc(Nc3nc(N4CCC[C@H]4CO)nn4cccc34)s2)c1.Clc1nc(Cl)c2cccn2n1.OCC1CCCC1. The summed E-state index contributed by atoms with van der Waals surface area (Å²) in [6.45, 7) is 7.42. The lowest BCUT2D eigenvalue weighted by Crippen LogP contribution is -2.34. The molecule has 1 atom stereocenters. The van der Waals surface area contributed by atoms with Gasteiger partial charge in [0, 0.05) is 65.4 Å². The predicted octanol–water partition coefficient (Wildman–Crippen LogP) is 17.6. The fraction of sp³-hybridized carbons (Fsp3) is 0.262. The molecular weight excluding hydrogens is 1300 g/mol. The van der Waals surface area contributed by atoms with Crippen molar-refractivity contribution in [3.8, 4) is 31.3 Å². The molecule has 88 heavy (non-hydrogen) atoms. The number of aromatic nitrogens is 12. The molecule has 0 amide bonds. The highest BCUT2D eigenvalue weighted by Crippen LogP contribution is 2.36. The summed E-state index contributed by atoms with van der Waals surface area (Å²) in [5.74, 6) is 2.57. The number of aliphatic hydroxyl groups is 2. The van der Waals surface area contributed by atoms with Crippen molar-refractivity contribution in [3.63, 3.8) is 0 Å². The number of hydrogen-bond acceptors (Lipinski definition) is 18. The Hall–Kier alpha value is -6.73. The first-order valence-electron chi connectivity index (χ1n) is 27.1. The third kappa shape index (κ3) is 17.4. The first-order chi connectivity index (χ1) is 41.5. The number of nitrogen functional groups attached to an aromatic ring is 1. The van der Waals surface area contributed by atoms with Gasteiger partial charge in [0.1, 0.15) is 16.6 Å². The van der Waals surface area contributed by atoms with Crippen LogP contribution in [0.5, 0.6) is 0 Å². The number of aliphatic hydroxyl groups excluding tert-OH is 2. The molecule has 27 heteroatoms. The number of nitrogens with zero attached hydrogens (tertiary/aromatic N) is 13. The van der Waals surface area contributed by atoms with Gasteiger partial charge in [0.05, 0.1) is 27.3 Å². The third-order valence-corrected chi connectivity index (χ3v) is 17.7. The molecule has 18 nitrogen and oxygen atoms in total. The van der Waals surface area contributed by atoms with Gasteiger partial charge in [-0.05, 0) is 182 Å². The molecule has 3 aromatic carbocycles. The fourth-order valence-corrected chi connectivity index (χ4v) is 13.4. The number of thiazole rings is 3. The number of hydrogen-bond donors (Lipinski definition) is 5. The predicted molar refractivity (Wildman–Crippen MR) is 367 cm³/mol. The summed E-state index contributed by atoms with van der Waals surface area (Å²) >= 11 is 40.1. The van der Waals surface area contributed by atoms with Gasteiger partial charge in [-0.2, -0.15) is 9.97 Å². The van der Waals surface area contributed by atoms with Crippen LogP contribution in [0.2, 0.25) is 30.8 Å². The Labute approximate surface area is 552 Å². The van der Waals surface area contributed by atoms with E-state index in [2.05, 4.69) is 73.9 Å². The van der Waals surface area contributed by atoms with Crippen molar-refractivity contribution in [1.29, 1.82) is 0 Å². The van der Waals surface area contributed by atoms with Crippen LogP contribution in [0.1, 0.15) is 70.1 Å². The Kier molecular flexibility index (Phi) is 23.8. The van der Waals surface area contributed by atoms with E-state index >= 15 is 0 Å². The summed E-state index contributed by atoms with van der Waals surface area (Å²) in [5.41, 5.74) is 14.5. The number of anilines is 6. The number of fused-ring (bicyclic) bond motifs is 3. The Morgan fingerprint density at radius 2 is 0.989 bits per heavy atom. The lowest BCUT2D eigenvalue weighted by Gasteiger charge is -2.23. The van der Waals surface area contributed by atoms with Crippen LogP contribution in [0.4, 0.5) is 33.0 Å². The van der Waals surface area contributed by atoms with Gasteiger partial charge < -0.3 is 31.5 Å². The zero-order valence-corrected chi connectivity index (χ0v) is 53.4. The third-order valence-electron chi connectivity index (χ3n) is 13.6. The van der Waals surface area contributed by atoms with E-state index in [0.717, 1.165) is 99.2 Å². The molecule has 0 unspecified atom stereocenters. The molecular formula is C61H64Cl6N16O2S3. The van der Waals surface area contributed by atoms with Crippen LogP contribution >= 0.6 is 104 Å². The molecule has 0 spiro atoms. The minimum absolute atomic E-state index is 0. The van der Waals surface area contributed by atoms with Gasteiger partial charge in [-0.25, -0.2) is 33.5 Å². The second kappa shape index (κ2) is 31.1. The van der Waals surface area contributed by atoms with E-state index in [1.165, 1.54) is 48.4 Å². The topological polar surface area (TPSA) is 223 Å². The van der Waals surface area contributed by atoms with Crippen molar-refractivity contribution in [2.75, 3.05) is 41.0 Å². The molecule has 2 fully saturated rings. The highest BCUT2D eigenvalue weighted by Gasteiger charge is 2.27. The van der Waals surface area contributed by atoms with Gasteiger partial charge in [0.25, 0.3) is 0 Å². The summed E-state index contributed by atoms with van der Waals surface area (Å²) in [7, 11) is 0. The zero-order chi connectivity index (χ0) is 60.4. The molecule has 460 valence electrons. The van der Waals surface area contributed by atoms with E-state index in [1.807, 2.05) is 123 Å². The molecule has 1 aliphatic carbocycles. The van der Waals surface area contributed by atoms with Crippen LogP contribution in [0.25, 0.3) is 47.9 Å². The van der Waals surface area contributed by atoms with Crippen LogP contribution < -0.4 is 21.3 Å². The van der Waals surface area contributed by atoms with Gasteiger partial charge in [0.2, 0.25) is 16.5 Å². The smallest absolute Gasteiger partial charge is 0.245 e. The maximum absolute atomic E-state index is 9.69. The maximum Gasteiger partial charge on any atom is 0.245 e. The average Bonchev–Trinajstić information content (AvgIpc) is 1.97. The maximum atomic E-state index is 9.69. The van der Waals surface area contributed by atoms with E-state index in [-0.39, 0.29) is 38.1 Å².